The summed E-state index contributed by atoms with van der Waals surface area (Å²) in [5.41, 5.74) is 2.48. The molecule has 6 nitrogen and oxygen atoms in total. The Labute approximate surface area is 168 Å². The first-order valence-electron chi connectivity index (χ1n) is 9.92. The van der Waals surface area contributed by atoms with Crippen LogP contribution in [-0.2, 0) is 0 Å². The second-order valence-corrected chi connectivity index (χ2v) is 7.35. The molecule has 1 saturated heterocycles. The number of oxazole rings is 1. The Morgan fingerprint density at radius 1 is 0.966 bits per heavy atom. The fourth-order valence-corrected chi connectivity index (χ4v) is 3.86. The Morgan fingerprint density at radius 3 is 2.59 bits per heavy atom. The van der Waals surface area contributed by atoms with Gasteiger partial charge in [-0.25, -0.2) is 4.79 Å². The van der Waals surface area contributed by atoms with Gasteiger partial charge in [0.05, 0.1) is 5.69 Å². The summed E-state index contributed by atoms with van der Waals surface area (Å²) in [7, 11) is 0. The number of likely N-dealkylation sites (tertiary alicyclic amines) is 1. The molecule has 5 rings (SSSR count). The van der Waals surface area contributed by atoms with Crippen LogP contribution in [0, 0.1) is 0 Å². The molecule has 1 aromatic heterocycles. The van der Waals surface area contributed by atoms with Crippen molar-refractivity contribution in [3.8, 4) is 0 Å². The van der Waals surface area contributed by atoms with Gasteiger partial charge in [0, 0.05) is 24.5 Å². The predicted molar refractivity (Wildman–Crippen MR) is 115 cm³/mol. The van der Waals surface area contributed by atoms with Gasteiger partial charge < -0.3 is 20.0 Å². The van der Waals surface area contributed by atoms with E-state index in [1.807, 2.05) is 71.6 Å². The Kier molecular flexibility index (Phi) is 4.52. The lowest BCUT2D eigenvalue weighted by Crippen LogP contribution is -2.44. The van der Waals surface area contributed by atoms with E-state index in [0.29, 0.717) is 19.1 Å². The van der Waals surface area contributed by atoms with E-state index in [9.17, 15) is 4.79 Å². The van der Waals surface area contributed by atoms with Gasteiger partial charge in [-0.05, 0) is 36.4 Å². The molecule has 0 spiro atoms. The maximum atomic E-state index is 12.8. The third kappa shape index (κ3) is 3.61. The average molecular weight is 386 g/mol. The van der Waals surface area contributed by atoms with Crippen LogP contribution in [0.4, 0.5) is 16.5 Å². The van der Waals surface area contributed by atoms with Gasteiger partial charge in [-0.2, -0.15) is 4.98 Å². The van der Waals surface area contributed by atoms with Gasteiger partial charge >= 0.3 is 6.03 Å². The highest BCUT2D eigenvalue weighted by atomic mass is 16.4. The van der Waals surface area contributed by atoms with Gasteiger partial charge in [0.2, 0.25) is 0 Å². The molecular formula is C23H22N4O2. The fraction of sp³-hybridized carbons (Fsp3) is 0.217. The minimum absolute atomic E-state index is 0.0540. The third-order valence-electron chi connectivity index (χ3n) is 5.43. The zero-order valence-corrected chi connectivity index (χ0v) is 16.0. The summed E-state index contributed by atoms with van der Waals surface area (Å²) in [5, 5.41) is 8.61. The molecule has 4 aromatic rings. The van der Waals surface area contributed by atoms with Crippen LogP contribution < -0.4 is 10.6 Å². The number of aromatic nitrogens is 1. The molecule has 2 heterocycles. The minimum atomic E-state index is -0.0540. The van der Waals surface area contributed by atoms with Crippen LogP contribution in [0.15, 0.2) is 71.1 Å². The van der Waals surface area contributed by atoms with Crippen molar-refractivity contribution < 1.29 is 9.21 Å². The van der Waals surface area contributed by atoms with E-state index in [-0.39, 0.29) is 12.1 Å². The zero-order valence-electron chi connectivity index (χ0n) is 16.0. The molecule has 0 radical (unpaired) electrons. The number of hydrogen-bond donors (Lipinski definition) is 2. The van der Waals surface area contributed by atoms with Crippen molar-refractivity contribution in [3.05, 3.63) is 66.7 Å². The molecule has 0 atom stereocenters. The normalized spacial score (nSPS) is 15.0. The van der Waals surface area contributed by atoms with Crippen molar-refractivity contribution in [1.29, 1.82) is 0 Å². The summed E-state index contributed by atoms with van der Waals surface area (Å²) in [6, 6.07) is 22.5. The number of nitrogens with one attached hydrogen (secondary N) is 2. The summed E-state index contributed by atoms with van der Waals surface area (Å²) in [6.07, 6.45) is 1.70. The molecule has 1 fully saturated rings. The molecular weight excluding hydrogens is 364 g/mol. The number of nitrogens with zero attached hydrogens (tertiary/aromatic N) is 2. The number of benzene rings is 3. The van der Waals surface area contributed by atoms with E-state index in [1.54, 1.807) is 0 Å². The third-order valence-corrected chi connectivity index (χ3v) is 5.43. The summed E-state index contributed by atoms with van der Waals surface area (Å²) in [4.78, 5) is 19.1. The molecule has 1 aliphatic rings. The van der Waals surface area contributed by atoms with Gasteiger partial charge in [0.15, 0.2) is 5.58 Å². The summed E-state index contributed by atoms with van der Waals surface area (Å²) < 4.78 is 5.75. The number of amides is 2. The molecule has 6 heteroatoms. The highest BCUT2D eigenvalue weighted by Crippen LogP contribution is 2.25. The van der Waals surface area contributed by atoms with Gasteiger partial charge in [0.25, 0.3) is 6.01 Å². The van der Waals surface area contributed by atoms with E-state index in [1.165, 1.54) is 0 Å². The summed E-state index contributed by atoms with van der Waals surface area (Å²) in [6.45, 7) is 1.38. The lowest BCUT2D eigenvalue weighted by atomic mass is 10.1. The summed E-state index contributed by atoms with van der Waals surface area (Å²) >= 11 is 0. The number of anilines is 2. The molecule has 0 aliphatic carbocycles. The molecule has 0 unspecified atom stereocenters. The Morgan fingerprint density at radius 2 is 1.72 bits per heavy atom. The number of fused-ring (bicyclic) bond motifs is 2. The van der Waals surface area contributed by atoms with Crippen LogP contribution in [-0.4, -0.2) is 35.0 Å². The monoisotopic (exact) mass is 386 g/mol. The number of carbonyl (C=O) groups excluding carboxylic acids is 1. The van der Waals surface area contributed by atoms with Gasteiger partial charge in [-0.1, -0.05) is 48.5 Å². The molecule has 0 bridgehead atoms. The van der Waals surface area contributed by atoms with Crippen molar-refractivity contribution in [3.63, 3.8) is 0 Å². The van der Waals surface area contributed by atoms with Gasteiger partial charge in [0.1, 0.15) is 5.52 Å². The van der Waals surface area contributed by atoms with Crippen LogP contribution in [0.3, 0.4) is 0 Å². The van der Waals surface area contributed by atoms with Crippen molar-refractivity contribution in [2.45, 2.75) is 18.9 Å². The van der Waals surface area contributed by atoms with Crippen molar-refractivity contribution in [1.82, 2.24) is 9.88 Å². The number of carbonyl (C=O) groups is 1. The number of urea groups is 1. The molecule has 146 valence electrons. The average Bonchev–Trinajstić information content (AvgIpc) is 3.17. The topological polar surface area (TPSA) is 70.4 Å². The summed E-state index contributed by atoms with van der Waals surface area (Å²) in [5.74, 6) is 0. The number of hydrogen-bond acceptors (Lipinski definition) is 4. The Balaban J connectivity index is 1.20. The van der Waals surface area contributed by atoms with E-state index in [2.05, 4.69) is 15.6 Å². The highest BCUT2D eigenvalue weighted by molar-refractivity contribution is 6.01. The van der Waals surface area contributed by atoms with Crippen molar-refractivity contribution in [2.24, 2.45) is 0 Å². The lowest BCUT2D eigenvalue weighted by Gasteiger charge is -2.32. The number of rotatable bonds is 3. The van der Waals surface area contributed by atoms with Crippen LogP contribution in [0.2, 0.25) is 0 Å². The van der Waals surface area contributed by atoms with E-state index < -0.39 is 0 Å². The SMILES string of the molecule is O=C(Nc1cccc2ccccc12)N1CCC(Nc2nc3ccccc3o2)CC1. The smallest absolute Gasteiger partial charge is 0.321 e. The zero-order chi connectivity index (χ0) is 19.6. The van der Waals surface area contributed by atoms with Crippen molar-refractivity contribution in [2.75, 3.05) is 23.7 Å². The largest absolute Gasteiger partial charge is 0.424 e. The fourth-order valence-electron chi connectivity index (χ4n) is 3.86. The molecule has 2 amide bonds. The highest BCUT2D eigenvalue weighted by Gasteiger charge is 2.24. The minimum Gasteiger partial charge on any atom is -0.424 e. The van der Waals surface area contributed by atoms with Gasteiger partial charge in [-0.3, -0.25) is 0 Å². The van der Waals surface area contributed by atoms with E-state index >= 15 is 0 Å². The van der Waals surface area contributed by atoms with E-state index in [4.69, 9.17) is 4.42 Å². The Hall–Kier alpha value is -3.54. The van der Waals surface area contributed by atoms with Gasteiger partial charge in [-0.15, -0.1) is 0 Å². The lowest BCUT2D eigenvalue weighted by molar-refractivity contribution is 0.197. The first kappa shape index (κ1) is 17.6. The Bertz CT molecular complexity index is 1120. The second-order valence-electron chi connectivity index (χ2n) is 7.35. The van der Waals surface area contributed by atoms with Crippen LogP contribution in [0.5, 0.6) is 0 Å². The van der Waals surface area contributed by atoms with E-state index in [0.717, 1.165) is 40.4 Å². The van der Waals surface area contributed by atoms with Crippen molar-refractivity contribution >= 4 is 39.6 Å². The maximum absolute atomic E-state index is 12.8. The number of piperidine rings is 1. The first-order valence-corrected chi connectivity index (χ1v) is 9.92. The number of para-hydroxylation sites is 2. The maximum Gasteiger partial charge on any atom is 0.321 e. The van der Waals surface area contributed by atoms with Crippen LogP contribution >= 0.6 is 0 Å². The first-order chi connectivity index (χ1) is 14.3. The molecule has 29 heavy (non-hydrogen) atoms. The quantitative estimate of drug-likeness (QED) is 0.515. The van der Waals surface area contributed by atoms with Crippen LogP contribution in [0.25, 0.3) is 21.9 Å². The molecule has 1 aliphatic heterocycles. The molecule has 3 aromatic carbocycles. The second kappa shape index (κ2) is 7.47. The molecule has 0 saturated carbocycles. The van der Waals surface area contributed by atoms with Crippen LogP contribution in [0.1, 0.15) is 12.8 Å². The molecule has 2 N–H and O–H groups in total. The standard InChI is InChI=1S/C23H22N4O2/c28-23(26-19-10-5-7-16-6-1-2-8-18(16)19)27-14-12-17(13-15-27)24-22-25-20-9-3-4-11-21(20)29-22/h1-11,17H,12-15H2,(H,24,25)(H,26,28). The predicted octanol–water partition coefficient (Wildman–Crippen LogP) is 5.09.